The van der Waals surface area contributed by atoms with E-state index in [1.165, 1.54) is 11.2 Å². The van der Waals surface area contributed by atoms with Gasteiger partial charge in [-0.15, -0.1) is 0 Å². The van der Waals surface area contributed by atoms with Crippen LogP contribution in [0.3, 0.4) is 0 Å². The Bertz CT molecular complexity index is 734. The van der Waals surface area contributed by atoms with E-state index in [0.29, 0.717) is 36.3 Å². The number of carboxylic acid groups (broad SMARTS) is 1. The van der Waals surface area contributed by atoms with Crippen LogP contribution in [0.5, 0.6) is 0 Å². The fourth-order valence-electron chi connectivity index (χ4n) is 3.16. The molecule has 5 heteroatoms. The minimum atomic E-state index is -1.01. The highest BCUT2D eigenvalue weighted by atomic mass is 16.4. The number of hydrogen-bond donors (Lipinski definition) is 1. The van der Waals surface area contributed by atoms with Crippen molar-refractivity contribution in [3.05, 3.63) is 59.0 Å². The highest BCUT2D eigenvalue weighted by Crippen LogP contribution is 2.31. The predicted octanol–water partition coefficient (Wildman–Crippen LogP) is 3.06. The lowest BCUT2D eigenvalue weighted by atomic mass is 9.92. The van der Waals surface area contributed by atoms with Crippen molar-refractivity contribution in [3.8, 4) is 0 Å². The van der Waals surface area contributed by atoms with E-state index >= 15 is 0 Å². The van der Waals surface area contributed by atoms with Crippen LogP contribution in [-0.2, 0) is 17.6 Å². The lowest BCUT2D eigenvalue weighted by Gasteiger charge is -2.34. The van der Waals surface area contributed by atoms with Gasteiger partial charge in [0.2, 0.25) is 0 Å². The van der Waals surface area contributed by atoms with E-state index in [4.69, 9.17) is 4.42 Å². The number of nitrogens with zero attached hydrogens (tertiary/aromatic N) is 1. The van der Waals surface area contributed by atoms with E-state index in [1.54, 1.807) is 12.1 Å². The van der Waals surface area contributed by atoms with Crippen LogP contribution in [0.4, 0.5) is 0 Å². The Balaban J connectivity index is 1.97. The van der Waals surface area contributed by atoms with E-state index in [1.807, 2.05) is 25.1 Å². The van der Waals surface area contributed by atoms with Crippen LogP contribution >= 0.6 is 0 Å². The number of hydrogen-bond acceptors (Lipinski definition) is 3. The summed E-state index contributed by atoms with van der Waals surface area (Å²) in [5.41, 5.74) is 2.16. The minimum absolute atomic E-state index is 0.274. The van der Waals surface area contributed by atoms with Gasteiger partial charge >= 0.3 is 5.97 Å². The zero-order chi connectivity index (χ0) is 16.4. The van der Waals surface area contributed by atoms with Crippen molar-refractivity contribution >= 4 is 11.9 Å². The molecule has 1 aliphatic rings. The normalized spacial score (nSPS) is 16.9. The third-order valence-electron chi connectivity index (χ3n) is 4.23. The van der Waals surface area contributed by atoms with Crippen molar-refractivity contribution in [2.45, 2.75) is 32.2 Å². The van der Waals surface area contributed by atoms with Crippen LogP contribution in [0.1, 0.15) is 46.6 Å². The number of carbonyl (C=O) groups is 2. The Morgan fingerprint density at radius 3 is 2.83 bits per heavy atom. The molecular weight excluding hydrogens is 294 g/mol. The molecule has 1 atom stereocenters. The molecule has 2 heterocycles. The molecule has 23 heavy (non-hydrogen) atoms. The molecule has 0 saturated carbocycles. The number of furan rings is 1. The maximum Gasteiger partial charge on any atom is 0.331 e. The molecule has 1 unspecified atom stereocenters. The third kappa shape index (κ3) is 2.74. The summed E-state index contributed by atoms with van der Waals surface area (Å²) < 4.78 is 5.39. The van der Waals surface area contributed by atoms with Gasteiger partial charge in [-0.25, -0.2) is 4.79 Å². The van der Waals surface area contributed by atoms with Crippen LogP contribution in [-0.4, -0.2) is 28.4 Å². The third-order valence-corrected chi connectivity index (χ3v) is 4.23. The van der Waals surface area contributed by atoms with Gasteiger partial charge in [-0.3, -0.25) is 4.79 Å². The SMILES string of the molecule is CCCc1occc1C(=O)N1CCc2ccccc2C1C(=O)O. The van der Waals surface area contributed by atoms with Gasteiger partial charge in [0, 0.05) is 13.0 Å². The molecule has 0 fully saturated rings. The fourth-order valence-corrected chi connectivity index (χ4v) is 3.16. The van der Waals surface area contributed by atoms with Crippen LogP contribution in [0, 0.1) is 0 Å². The van der Waals surface area contributed by atoms with Gasteiger partial charge in [0.25, 0.3) is 5.91 Å². The second kappa shape index (κ2) is 6.28. The van der Waals surface area contributed by atoms with Gasteiger partial charge in [-0.1, -0.05) is 31.2 Å². The van der Waals surface area contributed by atoms with Crippen molar-refractivity contribution in [1.29, 1.82) is 0 Å². The molecular formula is C18H19NO4. The first-order valence-corrected chi connectivity index (χ1v) is 7.81. The summed E-state index contributed by atoms with van der Waals surface area (Å²) in [6, 6.07) is 8.10. The standard InChI is InChI=1S/C18H19NO4/c1-2-5-15-14(9-11-23-15)17(20)19-10-8-12-6-3-4-7-13(12)16(19)18(21)22/h3-4,6-7,9,11,16H,2,5,8,10H2,1H3,(H,21,22). The second-order valence-electron chi connectivity index (χ2n) is 5.70. The quantitative estimate of drug-likeness (QED) is 0.941. The van der Waals surface area contributed by atoms with Crippen molar-refractivity contribution < 1.29 is 19.1 Å². The van der Waals surface area contributed by atoms with Gasteiger partial charge in [0.1, 0.15) is 5.76 Å². The number of amides is 1. The van der Waals surface area contributed by atoms with Crippen LogP contribution in [0.2, 0.25) is 0 Å². The van der Waals surface area contributed by atoms with Crippen molar-refractivity contribution in [2.24, 2.45) is 0 Å². The first-order valence-electron chi connectivity index (χ1n) is 7.81. The van der Waals surface area contributed by atoms with E-state index in [0.717, 1.165) is 12.0 Å². The summed E-state index contributed by atoms with van der Waals surface area (Å²) >= 11 is 0. The maximum absolute atomic E-state index is 12.9. The van der Waals surface area contributed by atoms with Crippen molar-refractivity contribution in [3.63, 3.8) is 0 Å². The fraction of sp³-hybridized carbons (Fsp3) is 0.333. The highest BCUT2D eigenvalue weighted by Gasteiger charge is 2.37. The summed E-state index contributed by atoms with van der Waals surface area (Å²) in [6.07, 6.45) is 3.67. The molecule has 0 radical (unpaired) electrons. The van der Waals surface area contributed by atoms with Crippen LogP contribution in [0.15, 0.2) is 41.0 Å². The highest BCUT2D eigenvalue weighted by molar-refractivity contribution is 5.98. The first-order chi connectivity index (χ1) is 11.1. The summed E-state index contributed by atoms with van der Waals surface area (Å²) in [5, 5.41) is 9.66. The summed E-state index contributed by atoms with van der Waals surface area (Å²) in [5.74, 6) is -0.657. The Kier molecular flexibility index (Phi) is 4.19. The number of benzene rings is 1. The topological polar surface area (TPSA) is 70.8 Å². The average molecular weight is 313 g/mol. The molecule has 3 rings (SSSR count). The smallest absolute Gasteiger partial charge is 0.331 e. The molecule has 0 spiro atoms. The minimum Gasteiger partial charge on any atom is -0.479 e. The molecule has 0 bridgehead atoms. The lowest BCUT2D eigenvalue weighted by Crippen LogP contribution is -2.43. The Labute approximate surface area is 134 Å². The number of aryl methyl sites for hydroxylation is 1. The van der Waals surface area contributed by atoms with Crippen LogP contribution < -0.4 is 0 Å². The van der Waals surface area contributed by atoms with Gasteiger partial charge in [0.15, 0.2) is 6.04 Å². The molecule has 5 nitrogen and oxygen atoms in total. The first kappa shape index (κ1) is 15.3. The lowest BCUT2D eigenvalue weighted by molar-refractivity contribution is -0.143. The zero-order valence-electron chi connectivity index (χ0n) is 13.0. The molecule has 1 aromatic carbocycles. The zero-order valence-corrected chi connectivity index (χ0v) is 13.0. The molecule has 1 aliphatic heterocycles. The van der Waals surface area contributed by atoms with Gasteiger partial charge in [-0.05, 0) is 30.0 Å². The predicted molar refractivity (Wildman–Crippen MR) is 84.3 cm³/mol. The molecule has 120 valence electrons. The number of aliphatic carboxylic acids is 1. The molecule has 1 N–H and O–H groups in total. The summed E-state index contributed by atoms with van der Waals surface area (Å²) in [6.45, 7) is 2.40. The van der Waals surface area contributed by atoms with Crippen LogP contribution in [0.25, 0.3) is 0 Å². The van der Waals surface area contributed by atoms with Gasteiger partial charge in [-0.2, -0.15) is 0 Å². The maximum atomic E-state index is 12.9. The van der Waals surface area contributed by atoms with Crippen molar-refractivity contribution in [1.82, 2.24) is 4.90 Å². The molecule has 1 amide bonds. The molecule has 2 aromatic rings. The average Bonchev–Trinajstić information content (AvgIpc) is 3.01. The van der Waals surface area contributed by atoms with E-state index < -0.39 is 12.0 Å². The summed E-state index contributed by atoms with van der Waals surface area (Å²) in [7, 11) is 0. The molecule has 0 saturated heterocycles. The monoisotopic (exact) mass is 313 g/mol. The number of fused-ring (bicyclic) bond motifs is 1. The Morgan fingerprint density at radius 2 is 2.09 bits per heavy atom. The van der Waals surface area contributed by atoms with E-state index in [9.17, 15) is 14.7 Å². The van der Waals surface area contributed by atoms with Gasteiger partial charge < -0.3 is 14.4 Å². The number of rotatable bonds is 4. The second-order valence-corrected chi connectivity index (χ2v) is 5.70. The molecule has 0 aliphatic carbocycles. The van der Waals surface area contributed by atoms with E-state index in [2.05, 4.69) is 0 Å². The number of carbonyl (C=O) groups excluding carboxylic acids is 1. The Morgan fingerprint density at radius 1 is 1.30 bits per heavy atom. The van der Waals surface area contributed by atoms with E-state index in [-0.39, 0.29) is 5.91 Å². The molecule has 1 aromatic heterocycles. The van der Waals surface area contributed by atoms with Crippen molar-refractivity contribution in [2.75, 3.05) is 6.54 Å². The largest absolute Gasteiger partial charge is 0.479 e. The number of carboxylic acids is 1. The van der Waals surface area contributed by atoms with Gasteiger partial charge in [0.05, 0.1) is 11.8 Å². The summed E-state index contributed by atoms with van der Waals surface area (Å²) in [4.78, 5) is 26.1. The Hall–Kier alpha value is -2.56.